The van der Waals surface area contributed by atoms with Crippen LogP contribution in [0.25, 0.3) is 16.6 Å². The van der Waals surface area contributed by atoms with Crippen molar-refractivity contribution in [2.24, 2.45) is 0 Å². The van der Waals surface area contributed by atoms with E-state index < -0.39 is 23.7 Å². The van der Waals surface area contributed by atoms with Gasteiger partial charge in [-0.1, -0.05) is 35.0 Å². The highest BCUT2D eigenvalue weighted by Gasteiger charge is 2.28. The summed E-state index contributed by atoms with van der Waals surface area (Å²) >= 11 is 3.41. The molecule has 180 valence electrons. The lowest BCUT2D eigenvalue weighted by atomic mass is 10.1. The monoisotopic (exact) mass is 540 g/mol. The topological polar surface area (TPSA) is 67.2 Å². The van der Waals surface area contributed by atoms with Crippen LogP contribution in [0.1, 0.15) is 32.1 Å². The molecule has 0 bridgehead atoms. The summed E-state index contributed by atoms with van der Waals surface area (Å²) in [5, 5.41) is 2.97. The Morgan fingerprint density at radius 1 is 1.09 bits per heavy atom. The van der Waals surface area contributed by atoms with Crippen LogP contribution >= 0.6 is 15.9 Å². The molecule has 1 unspecified atom stereocenters. The lowest BCUT2D eigenvalue weighted by molar-refractivity contribution is 0.185. The number of urea groups is 1. The number of aromatic nitrogens is 2. The van der Waals surface area contributed by atoms with Crippen molar-refractivity contribution in [2.45, 2.75) is 26.3 Å². The third-order valence-corrected chi connectivity index (χ3v) is 6.25. The maximum absolute atomic E-state index is 14.2. The number of benzene rings is 3. The maximum atomic E-state index is 14.2. The molecule has 0 saturated carbocycles. The van der Waals surface area contributed by atoms with Crippen molar-refractivity contribution in [2.75, 3.05) is 11.9 Å². The highest BCUT2D eigenvalue weighted by Crippen LogP contribution is 2.27. The van der Waals surface area contributed by atoms with Crippen LogP contribution in [0.5, 0.6) is 0 Å². The summed E-state index contributed by atoms with van der Waals surface area (Å²) in [7, 11) is 0. The Bertz CT molecular complexity index is 1440. The molecule has 0 spiro atoms. The van der Waals surface area contributed by atoms with Crippen LogP contribution in [-0.4, -0.2) is 27.0 Å². The van der Waals surface area contributed by atoms with E-state index in [2.05, 4.69) is 21.2 Å². The van der Waals surface area contributed by atoms with E-state index in [9.17, 15) is 18.4 Å². The second-order valence-electron chi connectivity index (χ2n) is 7.87. The number of nitrogens with one attached hydrogen (secondary N) is 1. The molecule has 1 atom stereocenters. The van der Waals surface area contributed by atoms with Gasteiger partial charge in [0, 0.05) is 17.1 Å². The van der Waals surface area contributed by atoms with E-state index in [4.69, 9.17) is 4.98 Å². The molecule has 4 aromatic rings. The Morgan fingerprint density at radius 3 is 2.46 bits per heavy atom. The summed E-state index contributed by atoms with van der Waals surface area (Å²) in [6.45, 7) is 3.93. The van der Waals surface area contributed by atoms with Crippen LogP contribution in [0.3, 0.4) is 0 Å². The number of hydrogen-bond acceptors (Lipinski definition) is 3. The van der Waals surface area contributed by atoms with Gasteiger partial charge < -0.3 is 10.2 Å². The molecule has 35 heavy (non-hydrogen) atoms. The minimum absolute atomic E-state index is 0.138. The van der Waals surface area contributed by atoms with Gasteiger partial charge in [0.2, 0.25) is 0 Å². The first kappa shape index (κ1) is 24.5. The van der Waals surface area contributed by atoms with E-state index in [0.29, 0.717) is 34.9 Å². The zero-order valence-corrected chi connectivity index (χ0v) is 20.7. The molecule has 0 fully saturated rings. The SMILES string of the molecule is CCC(c1nc2ccccc2c(=O)n1-c1ccc(Br)cc1)N(CC)C(=O)Nc1ccc(F)cc1F. The molecule has 9 heteroatoms. The van der Waals surface area contributed by atoms with Crippen molar-refractivity contribution >= 4 is 38.6 Å². The van der Waals surface area contributed by atoms with Gasteiger partial charge >= 0.3 is 6.03 Å². The van der Waals surface area contributed by atoms with Crippen LogP contribution in [0.4, 0.5) is 19.3 Å². The number of amides is 2. The Kier molecular flexibility index (Phi) is 7.25. The molecule has 3 aromatic carbocycles. The van der Waals surface area contributed by atoms with Gasteiger partial charge in [0.15, 0.2) is 0 Å². The molecule has 4 rings (SSSR count). The molecule has 1 aromatic heterocycles. The van der Waals surface area contributed by atoms with Gasteiger partial charge in [-0.25, -0.2) is 18.6 Å². The fraction of sp³-hybridized carbons (Fsp3) is 0.192. The van der Waals surface area contributed by atoms with Crippen molar-refractivity contribution in [3.8, 4) is 5.69 Å². The maximum Gasteiger partial charge on any atom is 0.322 e. The number of carbonyl (C=O) groups is 1. The summed E-state index contributed by atoms with van der Waals surface area (Å²) in [5.41, 5.74) is 0.722. The van der Waals surface area contributed by atoms with E-state index in [1.54, 1.807) is 43.3 Å². The molecule has 6 nitrogen and oxygen atoms in total. The molecule has 2 amide bonds. The zero-order valence-electron chi connectivity index (χ0n) is 19.1. The highest BCUT2D eigenvalue weighted by atomic mass is 79.9. The Hall–Kier alpha value is -3.59. The van der Waals surface area contributed by atoms with Crippen LogP contribution in [-0.2, 0) is 0 Å². The first-order valence-corrected chi connectivity index (χ1v) is 11.9. The van der Waals surface area contributed by atoms with Gasteiger partial charge in [-0.15, -0.1) is 0 Å². The molecular formula is C26H23BrF2N4O2. The highest BCUT2D eigenvalue weighted by molar-refractivity contribution is 9.10. The van der Waals surface area contributed by atoms with Gasteiger partial charge in [0.05, 0.1) is 28.3 Å². The summed E-state index contributed by atoms with van der Waals surface area (Å²) < 4.78 is 29.9. The lowest BCUT2D eigenvalue weighted by Gasteiger charge is -2.31. The molecule has 0 aliphatic rings. The van der Waals surface area contributed by atoms with Gasteiger partial charge in [-0.05, 0) is 61.9 Å². The van der Waals surface area contributed by atoms with Gasteiger partial charge in [-0.2, -0.15) is 0 Å². The normalized spacial score (nSPS) is 11.9. The van der Waals surface area contributed by atoms with Crippen LogP contribution < -0.4 is 10.9 Å². The van der Waals surface area contributed by atoms with E-state index in [1.807, 2.05) is 19.1 Å². The van der Waals surface area contributed by atoms with Gasteiger partial charge in [-0.3, -0.25) is 9.36 Å². The van der Waals surface area contributed by atoms with E-state index in [1.165, 1.54) is 15.5 Å². The number of anilines is 1. The predicted molar refractivity (Wildman–Crippen MR) is 136 cm³/mol. The van der Waals surface area contributed by atoms with Crippen molar-refractivity contribution < 1.29 is 13.6 Å². The van der Waals surface area contributed by atoms with Crippen molar-refractivity contribution in [1.29, 1.82) is 0 Å². The smallest absolute Gasteiger partial charge is 0.315 e. The van der Waals surface area contributed by atoms with E-state index in [0.717, 1.165) is 10.5 Å². The number of para-hydroxylation sites is 1. The average Bonchev–Trinajstić information content (AvgIpc) is 2.85. The number of rotatable bonds is 6. The van der Waals surface area contributed by atoms with E-state index >= 15 is 0 Å². The fourth-order valence-corrected chi connectivity index (χ4v) is 4.30. The van der Waals surface area contributed by atoms with Gasteiger partial charge in [0.1, 0.15) is 17.5 Å². The first-order chi connectivity index (χ1) is 16.8. The third-order valence-electron chi connectivity index (χ3n) is 5.72. The number of nitrogens with zero attached hydrogens (tertiary/aromatic N) is 3. The summed E-state index contributed by atoms with van der Waals surface area (Å²) in [6, 6.07) is 16.0. The molecule has 1 heterocycles. The Morgan fingerprint density at radius 2 is 1.80 bits per heavy atom. The van der Waals surface area contributed by atoms with Gasteiger partial charge in [0.25, 0.3) is 5.56 Å². The van der Waals surface area contributed by atoms with Crippen molar-refractivity contribution in [3.63, 3.8) is 0 Å². The first-order valence-electron chi connectivity index (χ1n) is 11.1. The lowest BCUT2D eigenvalue weighted by Crippen LogP contribution is -2.40. The quantitative estimate of drug-likeness (QED) is 0.306. The molecule has 0 aliphatic carbocycles. The minimum atomic E-state index is -0.877. The number of halogens is 3. The molecule has 0 aliphatic heterocycles. The molecule has 0 saturated heterocycles. The third kappa shape index (κ3) is 4.95. The zero-order chi connectivity index (χ0) is 25.1. The molecule has 0 radical (unpaired) electrons. The second-order valence-corrected chi connectivity index (χ2v) is 8.78. The van der Waals surface area contributed by atoms with Crippen LogP contribution in [0.2, 0.25) is 0 Å². The Balaban J connectivity index is 1.84. The largest absolute Gasteiger partial charge is 0.322 e. The Labute approximate surface area is 209 Å². The number of carbonyl (C=O) groups excluding carboxylic acids is 1. The molecular weight excluding hydrogens is 518 g/mol. The predicted octanol–water partition coefficient (Wildman–Crippen LogP) is 6.43. The van der Waals surface area contributed by atoms with Crippen LogP contribution in [0.15, 0.2) is 76.0 Å². The van der Waals surface area contributed by atoms with E-state index in [-0.39, 0.29) is 17.8 Å². The average molecular weight is 541 g/mol. The van der Waals surface area contributed by atoms with Crippen molar-refractivity contribution in [3.05, 3.63) is 99.0 Å². The standard InChI is InChI=1S/C26H23BrF2N4O2/c1-3-23(32(4-2)26(35)31-22-14-11-17(28)15-20(22)29)24-30-21-8-6-5-7-19(21)25(34)33(24)18-12-9-16(27)10-13-18/h5-15,23H,3-4H2,1-2H3,(H,31,35). The summed E-state index contributed by atoms with van der Waals surface area (Å²) in [4.78, 5) is 33.1. The summed E-state index contributed by atoms with van der Waals surface area (Å²) in [5.74, 6) is -1.23. The molecule has 1 N–H and O–H groups in total. The fourth-order valence-electron chi connectivity index (χ4n) is 4.04. The summed E-state index contributed by atoms with van der Waals surface area (Å²) in [6.07, 6.45) is 0.439. The van der Waals surface area contributed by atoms with Crippen LogP contribution in [0, 0.1) is 11.6 Å². The second kappa shape index (κ2) is 10.4. The minimum Gasteiger partial charge on any atom is -0.315 e. The number of hydrogen-bond donors (Lipinski definition) is 1. The number of fused-ring (bicyclic) bond motifs is 1. The van der Waals surface area contributed by atoms with Crippen molar-refractivity contribution in [1.82, 2.24) is 14.5 Å².